The lowest BCUT2D eigenvalue weighted by molar-refractivity contribution is -0.350. The first-order valence-corrected chi connectivity index (χ1v) is 10.3. The molecule has 0 aliphatic rings. The van der Waals surface area contributed by atoms with Crippen molar-refractivity contribution in [1.82, 2.24) is 0 Å². The molecular formula is C6H4F8I2O2S. The van der Waals surface area contributed by atoms with Crippen LogP contribution in [0.15, 0.2) is 0 Å². The number of alkyl halides is 9. The van der Waals surface area contributed by atoms with Crippen LogP contribution in [0.3, 0.4) is 0 Å². The van der Waals surface area contributed by atoms with Gasteiger partial charge in [0.1, 0.15) is 0 Å². The van der Waals surface area contributed by atoms with Crippen molar-refractivity contribution in [2.45, 2.75) is 18.8 Å². The molecule has 0 aliphatic carbocycles. The van der Waals surface area contributed by atoms with Gasteiger partial charge < -0.3 is 0 Å². The van der Waals surface area contributed by atoms with E-state index in [1.54, 1.807) is 0 Å². The Balaban J connectivity index is 6.44. The van der Waals surface area contributed by atoms with Crippen LogP contribution in [0.2, 0.25) is 0 Å². The zero-order chi connectivity index (χ0) is 15.9. The molecule has 19 heavy (non-hydrogen) atoms. The quantitative estimate of drug-likeness (QED) is 0.229. The predicted molar refractivity (Wildman–Crippen MR) is 71.0 cm³/mol. The molecule has 0 atom stereocenters. The van der Waals surface area contributed by atoms with E-state index in [2.05, 4.69) is 9.03 Å². The number of halogens is 10. The van der Waals surface area contributed by atoms with Crippen molar-refractivity contribution in [3.63, 3.8) is 0 Å². The van der Waals surface area contributed by atoms with Crippen LogP contribution in [-0.2, 0) is 10.2 Å². The number of hydrogen-bond acceptors (Lipinski definition) is 2. The van der Waals surface area contributed by atoms with E-state index in [0.29, 0.717) is 0 Å². The molecule has 0 saturated heterocycles. The average Bonchev–Trinajstić information content (AvgIpc) is 2.15. The van der Waals surface area contributed by atoms with Crippen molar-refractivity contribution in [3.8, 4) is 0 Å². The van der Waals surface area contributed by atoms with E-state index in [4.69, 9.17) is 0 Å². The summed E-state index contributed by atoms with van der Waals surface area (Å²) in [5, 5.41) is 0. The van der Waals surface area contributed by atoms with Crippen molar-refractivity contribution >= 4 is 60.7 Å². The molecule has 0 aromatic rings. The summed E-state index contributed by atoms with van der Waals surface area (Å²) in [7, 11) is -6.38. The van der Waals surface area contributed by atoms with Gasteiger partial charge >= 0.3 is 28.2 Å². The highest BCUT2D eigenvalue weighted by Gasteiger charge is 2.82. The van der Waals surface area contributed by atoms with E-state index < -0.39 is 70.5 Å². The minimum Gasteiger partial charge on any atom is -0.196 e. The highest BCUT2D eigenvalue weighted by molar-refractivity contribution is 14.3. The molecule has 0 saturated carbocycles. The molecule has 0 amide bonds. The second-order valence-corrected chi connectivity index (χ2v) is 12.6. The van der Waals surface area contributed by atoms with Crippen molar-refractivity contribution in [1.29, 1.82) is 0 Å². The van der Waals surface area contributed by atoms with E-state index >= 15 is 0 Å². The van der Waals surface area contributed by atoms with Gasteiger partial charge in [-0.1, -0.05) is 50.5 Å². The Morgan fingerprint density at radius 1 is 0.789 bits per heavy atom. The smallest absolute Gasteiger partial charge is 0.196 e. The van der Waals surface area contributed by atoms with Gasteiger partial charge in [-0.3, -0.25) is 0 Å². The Kier molecular flexibility index (Phi) is 5.58. The van der Waals surface area contributed by atoms with Gasteiger partial charge in [-0.25, -0.2) is 0 Å². The Morgan fingerprint density at radius 3 is 1.26 bits per heavy atom. The average molecular weight is 546 g/mol. The summed E-state index contributed by atoms with van der Waals surface area (Å²) in [4.78, 5) is 0. The Bertz CT molecular complexity index is 474. The molecule has 0 spiro atoms. The Morgan fingerprint density at radius 2 is 1.11 bits per heavy atom. The van der Waals surface area contributed by atoms with Gasteiger partial charge in [-0.05, 0) is 0 Å². The maximum atomic E-state index is 13.4. The van der Waals surface area contributed by atoms with Crippen molar-refractivity contribution in [2.24, 2.45) is 0 Å². The molecule has 0 aromatic carbocycles. The van der Waals surface area contributed by atoms with Crippen LogP contribution in [-0.4, -0.2) is 36.2 Å². The Hall–Kier alpha value is 0.590. The maximum absolute atomic E-state index is 13.4. The third-order valence-electron chi connectivity index (χ3n) is 1.77. The highest BCUT2D eigenvalue weighted by atomic mass is 127. The van der Waals surface area contributed by atoms with Gasteiger partial charge in [0, 0.05) is 0 Å². The van der Waals surface area contributed by atoms with Gasteiger partial charge in [0.25, 0.3) is 0.760 Å². The molecule has 0 bridgehead atoms. The molecule has 116 valence electrons. The molecule has 0 fully saturated rings. The largest absolute Gasteiger partial charge is 0.459 e. The van der Waals surface area contributed by atoms with Crippen molar-refractivity contribution in [2.75, 3.05) is 0 Å². The SMILES string of the molecule is C=IC(I=C)(C(F)(F)C(F)(F)C(F)(F)F)S(=O)(=O)F. The van der Waals surface area contributed by atoms with Crippen LogP contribution in [0.25, 0.3) is 0 Å². The molecule has 0 rings (SSSR count). The lowest BCUT2D eigenvalue weighted by Crippen LogP contribution is -2.61. The van der Waals surface area contributed by atoms with Gasteiger partial charge in [-0.15, -0.1) is 3.89 Å². The fourth-order valence-electron chi connectivity index (χ4n) is 0.848. The molecule has 0 heterocycles. The lowest BCUT2D eigenvalue weighted by Gasteiger charge is -2.36. The van der Waals surface area contributed by atoms with E-state index in [1.807, 2.05) is 0 Å². The lowest BCUT2D eigenvalue weighted by atomic mass is 10.2. The van der Waals surface area contributed by atoms with E-state index in [-0.39, 0.29) is 0 Å². The molecule has 0 unspecified atom stereocenters. The fourth-order valence-corrected chi connectivity index (χ4v) is 6.98. The summed E-state index contributed by atoms with van der Waals surface area (Å²) < 4.78 is 124. The molecular weight excluding hydrogens is 542 g/mol. The van der Waals surface area contributed by atoms with Crippen LogP contribution in [0, 0.1) is 0 Å². The first-order chi connectivity index (χ1) is 8.12. The van der Waals surface area contributed by atoms with Gasteiger partial charge in [0.15, 0.2) is 0 Å². The third kappa shape index (κ3) is 2.82. The summed E-state index contributed by atoms with van der Waals surface area (Å²) in [5.41, 5.74) is 0. The van der Waals surface area contributed by atoms with Crippen LogP contribution < -0.4 is 0 Å². The van der Waals surface area contributed by atoms with Crippen molar-refractivity contribution < 1.29 is 43.0 Å². The fraction of sp³-hybridized carbons (Fsp3) is 0.667. The molecule has 0 aliphatic heterocycles. The summed E-state index contributed by atoms with van der Waals surface area (Å²) in [6.45, 7) is 0. The minimum absolute atomic E-state index is 2.65. The first-order valence-electron chi connectivity index (χ1n) is 3.68. The number of rotatable bonds is 5. The van der Waals surface area contributed by atoms with Crippen LogP contribution >= 0.6 is 41.5 Å². The van der Waals surface area contributed by atoms with E-state index in [9.17, 15) is 43.0 Å². The normalized spacial score (nSPS) is 15.6. The van der Waals surface area contributed by atoms with E-state index in [0.717, 1.165) is 0 Å². The van der Waals surface area contributed by atoms with Gasteiger partial charge in [-0.2, -0.15) is 39.2 Å². The summed E-state index contributed by atoms with van der Waals surface area (Å²) in [6.07, 6.45) is -6.73. The molecule has 2 nitrogen and oxygen atoms in total. The number of hydrogen-bond donors (Lipinski definition) is 0. The molecule has 0 N–H and O–H groups in total. The maximum Gasteiger partial charge on any atom is 0.459 e. The second kappa shape index (κ2) is 5.42. The molecule has 0 radical (unpaired) electrons. The zero-order valence-electron chi connectivity index (χ0n) is 8.42. The van der Waals surface area contributed by atoms with Crippen LogP contribution in [0.4, 0.5) is 34.6 Å². The van der Waals surface area contributed by atoms with Crippen molar-refractivity contribution in [3.05, 3.63) is 0 Å². The van der Waals surface area contributed by atoms with Crippen LogP contribution in [0.1, 0.15) is 0 Å². The van der Waals surface area contributed by atoms with E-state index in [1.165, 1.54) is 0 Å². The highest BCUT2D eigenvalue weighted by Crippen LogP contribution is 2.61. The predicted octanol–water partition coefficient (Wildman–Crippen LogP) is 3.58. The summed E-state index contributed by atoms with van der Waals surface area (Å²) in [6, 6.07) is 0. The van der Waals surface area contributed by atoms with Crippen LogP contribution in [0.5, 0.6) is 0 Å². The standard InChI is InChI=1S/C6H4F8I2O2S/c1-15-6(16-2,19(14,17)18)4(9,10)3(7,8)5(11,12)13/h1-2H2. The van der Waals surface area contributed by atoms with Gasteiger partial charge in [0.2, 0.25) is 0 Å². The summed E-state index contributed by atoms with van der Waals surface area (Å²) in [5.74, 6) is -12.9. The Labute approximate surface area is 122 Å². The second-order valence-electron chi connectivity index (χ2n) is 2.87. The molecule has 13 heteroatoms. The topological polar surface area (TPSA) is 34.1 Å². The third-order valence-corrected chi connectivity index (χ3v) is 14.4. The monoisotopic (exact) mass is 546 g/mol. The molecule has 0 aromatic heterocycles. The van der Waals surface area contributed by atoms with Gasteiger partial charge in [0.05, 0.1) is 0 Å². The minimum atomic E-state index is -6.73. The first kappa shape index (κ1) is 19.6. The summed E-state index contributed by atoms with van der Waals surface area (Å²) >= 11 is -5.59. The zero-order valence-corrected chi connectivity index (χ0v) is 13.6.